The number of esters is 1. The molecule has 1 saturated carbocycles. The van der Waals surface area contributed by atoms with Crippen LogP contribution in [0, 0.1) is 0 Å². The van der Waals surface area contributed by atoms with Gasteiger partial charge in [0, 0.05) is 0 Å². The van der Waals surface area contributed by atoms with E-state index in [1.54, 1.807) is 0 Å². The Balaban J connectivity index is 2.35. The molecule has 0 aromatic carbocycles. The molecule has 0 amide bonds. The van der Waals surface area contributed by atoms with E-state index in [2.05, 4.69) is 47.8 Å². The number of carbonyl (C=O) groups excluding carboxylic acids is 1. The zero-order chi connectivity index (χ0) is 9.90. The smallest absolute Gasteiger partial charge is 0.345 e. The summed E-state index contributed by atoms with van der Waals surface area (Å²) in [5, 5.41) is 0. The number of alkyl halides is 3. The molecule has 0 bridgehead atoms. The van der Waals surface area contributed by atoms with Gasteiger partial charge in [-0.1, -0.05) is 6.42 Å². The summed E-state index contributed by atoms with van der Waals surface area (Å²) in [7, 11) is 0. The van der Waals surface area contributed by atoms with Gasteiger partial charge in [0.05, 0.1) is 0 Å². The SMILES string of the molecule is O=C(OC1CCCCC1)C(Br)(Br)Br. The summed E-state index contributed by atoms with van der Waals surface area (Å²) < 4.78 is 4.36. The lowest BCUT2D eigenvalue weighted by atomic mass is 9.98. The maximum absolute atomic E-state index is 11.4. The van der Waals surface area contributed by atoms with Crippen molar-refractivity contribution in [1.29, 1.82) is 0 Å². The largest absolute Gasteiger partial charge is 0.460 e. The van der Waals surface area contributed by atoms with Gasteiger partial charge in [-0.3, -0.25) is 0 Å². The molecule has 0 unspecified atom stereocenters. The molecular weight excluding hydrogens is 368 g/mol. The highest BCUT2D eigenvalue weighted by Crippen LogP contribution is 2.36. The molecule has 13 heavy (non-hydrogen) atoms. The van der Waals surface area contributed by atoms with Gasteiger partial charge in [0.25, 0.3) is 0 Å². The number of ether oxygens (including phenoxy) is 1. The lowest BCUT2D eigenvalue weighted by molar-refractivity contribution is -0.148. The number of rotatable bonds is 1. The van der Waals surface area contributed by atoms with Crippen molar-refractivity contribution >= 4 is 53.8 Å². The van der Waals surface area contributed by atoms with E-state index >= 15 is 0 Å². The van der Waals surface area contributed by atoms with E-state index in [4.69, 9.17) is 4.74 Å². The van der Waals surface area contributed by atoms with Crippen LogP contribution in [0.1, 0.15) is 32.1 Å². The zero-order valence-corrected chi connectivity index (χ0v) is 11.8. The molecule has 76 valence electrons. The fraction of sp³-hybridized carbons (Fsp3) is 0.875. The molecule has 0 aromatic rings. The monoisotopic (exact) mass is 376 g/mol. The summed E-state index contributed by atoms with van der Waals surface area (Å²) in [6.45, 7) is 0. The fourth-order valence-corrected chi connectivity index (χ4v) is 1.68. The minimum absolute atomic E-state index is 0.105. The van der Waals surface area contributed by atoms with Gasteiger partial charge in [0.2, 0.25) is 2.14 Å². The fourth-order valence-electron chi connectivity index (χ4n) is 1.40. The Hall–Kier alpha value is 0.910. The highest BCUT2D eigenvalue weighted by Gasteiger charge is 2.32. The van der Waals surface area contributed by atoms with Gasteiger partial charge in [-0.15, -0.1) is 0 Å². The molecule has 0 N–H and O–H groups in total. The molecule has 0 atom stereocenters. The molecule has 5 heteroatoms. The van der Waals surface area contributed by atoms with E-state index in [0.717, 1.165) is 25.7 Å². The van der Waals surface area contributed by atoms with Crippen LogP contribution in [-0.2, 0) is 9.53 Å². The molecule has 0 heterocycles. The quantitative estimate of drug-likeness (QED) is 0.513. The van der Waals surface area contributed by atoms with Gasteiger partial charge in [-0.25, -0.2) is 4.79 Å². The molecule has 0 spiro atoms. The highest BCUT2D eigenvalue weighted by molar-refractivity contribution is 9.40. The first kappa shape index (κ1) is 12.0. The first-order valence-corrected chi connectivity index (χ1v) is 6.66. The minimum Gasteiger partial charge on any atom is -0.460 e. The molecule has 1 aliphatic rings. The summed E-state index contributed by atoms with van der Waals surface area (Å²) >= 11 is 9.39. The van der Waals surface area contributed by atoms with Crippen molar-refractivity contribution in [2.75, 3.05) is 0 Å². The maximum atomic E-state index is 11.4. The van der Waals surface area contributed by atoms with Crippen molar-refractivity contribution in [2.45, 2.75) is 40.4 Å². The first-order chi connectivity index (χ1) is 6.00. The third-order valence-electron chi connectivity index (χ3n) is 2.06. The summed E-state index contributed by atoms with van der Waals surface area (Å²) in [4.78, 5) is 11.4. The van der Waals surface area contributed by atoms with Gasteiger partial charge in [0.15, 0.2) is 0 Å². The second kappa shape index (κ2) is 5.12. The van der Waals surface area contributed by atoms with Crippen molar-refractivity contribution in [3.63, 3.8) is 0 Å². The standard InChI is InChI=1S/C8H11Br3O2/c9-8(10,11)7(12)13-6-4-2-1-3-5-6/h6H,1-5H2. The van der Waals surface area contributed by atoms with Crippen LogP contribution in [-0.4, -0.2) is 14.2 Å². The van der Waals surface area contributed by atoms with Crippen molar-refractivity contribution in [2.24, 2.45) is 0 Å². The van der Waals surface area contributed by atoms with Gasteiger partial charge in [0.1, 0.15) is 6.10 Å². The minimum atomic E-state index is -0.912. The van der Waals surface area contributed by atoms with Crippen LogP contribution >= 0.6 is 47.8 Å². The van der Waals surface area contributed by atoms with Crippen LogP contribution in [0.4, 0.5) is 0 Å². The van der Waals surface area contributed by atoms with Crippen LogP contribution in [0.25, 0.3) is 0 Å². The normalized spacial score (nSPS) is 19.9. The average molecular weight is 379 g/mol. The Labute approximate surface area is 103 Å². The number of hydrogen-bond donors (Lipinski definition) is 0. The second-order valence-electron chi connectivity index (χ2n) is 3.16. The molecule has 1 fully saturated rings. The van der Waals surface area contributed by atoms with Gasteiger partial charge in [-0.2, -0.15) is 0 Å². The second-order valence-corrected chi connectivity index (χ2v) is 9.92. The Bertz CT molecular complexity index is 182. The molecule has 2 nitrogen and oxygen atoms in total. The molecule has 0 radical (unpaired) electrons. The van der Waals surface area contributed by atoms with Crippen molar-refractivity contribution < 1.29 is 9.53 Å². The van der Waals surface area contributed by atoms with Crippen molar-refractivity contribution in [3.05, 3.63) is 0 Å². The Morgan fingerprint density at radius 1 is 1.15 bits per heavy atom. The molecule has 0 aromatic heterocycles. The Morgan fingerprint density at radius 2 is 1.69 bits per heavy atom. The highest BCUT2D eigenvalue weighted by atomic mass is 80.0. The van der Waals surface area contributed by atoms with Gasteiger partial charge < -0.3 is 4.74 Å². The molecule has 1 rings (SSSR count). The van der Waals surface area contributed by atoms with E-state index in [1.807, 2.05) is 0 Å². The van der Waals surface area contributed by atoms with Gasteiger partial charge in [-0.05, 0) is 73.5 Å². The van der Waals surface area contributed by atoms with Crippen LogP contribution in [0.15, 0.2) is 0 Å². The first-order valence-electron chi connectivity index (χ1n) is 4.28. The van der Waals surface area contributed by atoms with Crippen LogP contribution in [0.3, 0.4) is 0 Å². The predicted octanol–water partition coefficient (Wildman–Crippen LogP) is 3.70. The summed E-state index contributed by atoms with van der Waals surface area (Å²) in [6, 6.07) is 0. The topological polar surface area (TPSA) is 26.3 Å². The van der Waals surface area contributed by atoms with Crippen molar-refractivity contribution in [1.82, 2.24) is 0 Å². The van der Waals surface area contributed by atoms with E-state index in [-0.39, 0.29) is 12.1 Å². The molecular formula is C8H11Br3O2. The van der Waals surface area contributed by atoms with E-state index in [0.29, 0.717) is 0 Å². The zero-order valence-electron chi connectivity index (χ0n) is 7.06. The van der Waals surface area contributed by atoms with E-state index < -0.39 is 2.14 Å². The van der Waals surface area contributed by atoms with Crippen molar-refractivity contribution in [3.8, 4) is 0 Å². The molecule has 1 aliphatic carbocycles. The molecule has 0 aliphatic heterocycles. The Kier molecular flexibility index (Phi) is 4.72. The summed E-state index contributed by atoms with van der Waals surface area (Å²) in [5.74, 6) is -0.306. The third kappa shape index (κ3) is 4.30. The maximum Gasteiger partial charge on any atom is 0.345 e. The average Bonchev–Trinajstić information content (AvgIpc) is 2.04. The van der Waals surface area contributed by atoms with E-state index in [9.17, 15) is 4.79 Å². The summed E-state index contributed by atoms with van der Waals surface area (Å²) in [5.41, 5.74) is 0. The molecule has 0 saturated heterocycles. The number of hydrogen-bond acceptors (Lipinski definition) is 2. The Morgan fingerprint density at radius 3 is 2.15 bits per heavy atom. The van der Waals surface area contributed by atoms with Crippen LogP contribution in [0.2, 0.25) is 0 Å². The van der Waals surface area contributed by atoms with E-state index in [1.165, 1.54) is 6.42 Å². The lowest BCUT2D eigenvalue weighted by Gasteiger charge is -2.23. The van der Waals surface area contributed by atoms with Crippen LogP contribution < -0.4 is 0 Å². The lowest BCUT2D eigenvalue weighted by Crippen LogP contribution is -2.27. The van der Waals surface area contributed by atoms with Crippen LogP contribution in [0.5, 0.6) is 0 Å². The predicted molar refractivity (Wildman–Crippen MR) is 62.5 cm³/mol. The van der Waals surface area contributed by atoms with Gasteiger partial charge >= 0.3 is 5.97 Å². The summed E-state index contributed by atoms with van der Waals surface area (Å²) in [6.07, 6.45) is 5.68. The number of halogens is 3. The third-order valence-corrected chi connectivity index (χ3v) is 3.03. The number of carbonyl (C=O) groups is 1.